The molecule has 1 aliphatic rings. The van der Waals surface area contributed by atoms with Gasteiger partial charge in [0.1, 0.15) is 17.4 Å². The minimum Gasteiger partial charge on any atom is -0.462 e. The number of fused-ring (bicyclic) bond motifs is 1. The quantitative estimate of drug-likeness (QED) is 0.771. The smallest absolute Gasteiger partial charge is 0.341 e. The molecule has 3 rings (SSSR count). The molecule has 2 N–H and O–H groups in total. The number of halogens is 1. The predicted octanol–water partition coefficient (Wildman–Crippen LogP) is 2.67. The van der Waals surface area contributed by atoms with E-state index in [4.69, 9.17) is 4.74 Å². The molecule has 0 radical (unpaired) electrons. The first kappa shape index (κ1) is 19.5. The van der Waals surface area contributed by atoms with Crippen molar-refractivity contribution in [2.75, 3.05) is 18.5 Å². The fraction of sp³-hybridized carbons (Fsp3) is 0.400. The zero-order chi connectivity index (χ0) is 19.6. The summed E-state index contributed by atoms with van der Waals surface area (Å²) in [5.74, 6) is -1.17. The Balaban J connectivity index is 1.92. The summed E-state index contributed by atoms with van der Waals surface area (Å²) in [5, 5.41) is 3.35. The second kappa shape index (κ2) is 8.19. The van der Waals surface area contributed by atoms with Gasteiger partial charge in [-0.15, -0.1) is 11.3 Å². The second-order valence-electron chi connectivity index (χ2n) is 6.88. The van der Waals surface area contributed by atoms with Crippen LogP contribution in [0.4, 0.5) is 9.39 Å². The number of nitrogens with one attached hydrogen (secondary N) is 2. The number of anilines is 1. The van der Waals surface area contributed by atoms with Crippen molar-refractivity contribution in [3.63, 3.8) is 0 Å². The number of rotatable bonds is 5. The highest BCUT2D eigenvalue weighted by atomic mass is 32.1. The molecule has 1 aliphatic heterocycles. The van der Waals surface area contributed by atoms with Crippen LogP contribution in [0.2, 0.25) is 0 Å². The molecular formula is C20H24FN2O3S+. The van der Waals surface area contributed by atoms with E-state index >= 15 is 0 Å². The van der Waals surface area contributed by atoms with Crippen molar-refractivity contribution in [3.8, 4) is 0 Å². The van der Waals surface area contributed by atoms with Crippen LogP contribution < -0.4 is 10.2 Å². The highest BCUT2D eigenvalue weighted by Gasteiger charge is 2.32. The van der Waals surface area contributed by atoms with Gasteiger partial charge in [-0.3, -0.25) is 4.79 Å². The van der Waals surface area contributed by atoms with Crippen LogP contribution in [0.5, 0.6) is 0 Å². The molecule has 0 saturated heterocycles. The van der Waals surface area contributed by atoms with Crippen LogP contribution >= 0.6 is 11.3 Å². The third kappa shape index (κ3) is 4.20. The van der Waals surface area contributed by atoms with E-state index in [2.05, 4.69) is 19.2 Å². The van der Waals surface area contributed by atoms with Gasteiger partial charge in [-0.2, -0.15) is 0 Å². The number of hydrogen-bond acceptors (Lipinski definition) is 4. The molecule has 0 bridgehead atoms. The van der Waals surface area contributed by atoms with E-state index < -0.39 is 11.8 Å². The van der Waals surface area contributed by atoms with Crippen LogP contribution in [0.1, 0.15) is 51.9 Å². The lowest BCUT2D eigenvalue weighted by Crippen LogP contribution is -3.14. The maximum absolute atomic E-state index is 13.1. The van der Waals surface area contributed by atoms with Crippen LogP contribution in [-0.4, -0.2) is 31.1 Å². The van der Waals surface area contributed by atoms with Gasteiger partial charge >= 0.3 is 5.97 Å². The molecular weight excluding hydrogens is 367 g/mol. The summed E-state index contributed by atoms with van der Waals surface area (Å²) in [6.45, 7) is 8.17. The fourth-order valence-electron chi connectivity index (χ4n) is 3.28. The molecule has 144 valence electrons. The summed E-state index contributed by atoms with van der Waals surface area (Å²) in [5.41, 5.74) is 1.79. The summed E-state index contributed by atoms with van der Waals surface area (Å²) in [7, 11) is 0. The average molecular weight is 391 g/mol. The number of carbonyl (C=O) groups excluding carboxylic acids is 2. The van der Waals surface area contributed by atoms with E-state index in [-0.39, 0.29) is 12.5 Å². The lowest BCUT2D eigenvalue weighted by atomic mass is 10.0. The van der Waals surface area contributed by atoms with Crippen molar-refractivity contribution in [2.45, 2.75) is 39.8 Å². The number of hydrogen-bond donors (Lipinski definition) is 2. The topological polar surface area (TPSA) is 59.8 Å². The number of benzene rings is 1. The van der Waals surface area contributed by atoms with Gasteiger partial charge in [0.15, 0.2) is 0 Å². The molecule has 0 spiro atoms. The van der Waals surface area contributed by atoms with E-state index in [0.29, 0.717) is 22.2 Å². The molecule has 1 aromatic carbocycles. The van der Waals surface area contributed by atoms with E-state index in [1.807, 2.05) is 0 Å². The number of quaternary nitrogens is 1. The standard InChI is InChI=1S/C20H23FN2O3S/c1-4-26-20(25)17-15-9-10-23(12(2)3)11-16(15)27-19(17)22-18(24)13-5-7-14(21)8-6-13/h5-8,12H,4,9-11H2,1-3H3,(H,22,24)/p+1. The monoisotopic (exact) mass is 391 g/mol. The van der Waals surface area contributed by atoms with Crippen LogP contribution in [0.15, 0.2) is 24.3 Å². The molecule has 2 aromatic rings. The minimum atomic E-state index is -0.405. The molecule has 0 saturated carbocycles. The predicted molar refractivity (Wildman–Crippen MR) is 103 cm³/mol. The second-order valence-corrected chi connectivity index (χ2v) is 7.98. The molecule has 5 nitrogen and oxygen atoms in total. The summed E-state index contributed by atoms with van der Waals surface area (Å²) < 4.78 is 18.3. The molecule has 7 heteroatoms. The van der Waals surface area contributed by atoms with Crippen molar-refractivity contribution >= 4 is 28.2 Å². The Kier molecular flexibility index (Phi) is 5.92. The van der Waals surface area contributed by atoms with Gasteiger partial charge in [-0.05, 0) is 50.6 Å². The Morgan fingerprint density at radius 2 is 2.00 bits per heavy atom. The number of ether oxygens (including phenoxy) is 1. The van der Waals surface area contributed by atoms with Crippen LogP contribution in [0.25, 0.3) is 0 Å². The number of esters is 1. The molecule has 2 heterocycles. The van der Waals surface area contributed by atoms with Crippen molar-refractivity contribution in [3.05, 3.63) is 51.7 Å². The van der Waals surface area contributed by atoms with Crippen LogP contribution in [-0.2, 0) is 17.7 Å². The highest BCUT2D eigenvalue weighted by Crippen LogP contribution is 2.35. The molecule has 1 amide bonds. The Hall–Kier alpha value is -2.25. The van der Waals surface area contributed by atoms with Gasteiger partial charge in [0.05, 0.1) is 29.6 Å². The molecule has 1 aromatic heterocycles. The van der Waals surface area contributed by atoms with Crippen LogP contribution in [0, 0.1) is 5.82 Å². The SMILES string of the molecule is CCOC(=O)c1c(NC(=O)c2ccc(F)cc2)sc2c1CC[NH+](C(C)C)C2. The van der Waals surface area contributed by atoms with E-state index in [0.717, 1.165) is 30.0 Å². The minimum absolute atomic E-state index is 0.276. The van der Waals surface area contributed by atoms with E-state index in [9.17, 15) is 14.0 Å². The van der Waals surface area contributed by atoms with Crippen molar-refractivity contribution < 1.29 is 23.6 Å². The first-order valence-electron chi connectivity index (χ1n) is 9.13. The largest absolute Gasteiger partial charge is 0.462 e. The maximum Gasteiger partial charge on any atom is 0.341 e. The lowest BCUT2D eigenvalue weighted by Gasteiger charge is -2.27. The first-order chi connectivity index (χ1) is 12.9. The van der Waals surface area contributed by atoms with E-state index in [1.54, 1.807) is 6.92 Å². The van der Waals surface area contributed by atoms with Gasteiger partial charge < -0.3 is 15.0 Å². The summed E-state index contributed by atoms with van der Waals surface area (Å²) in [6.07, 6.45) is 0.778. The van der Waals surface area contributed by atoms with Gasteiger partial charge in [-0.1, -0.05) is 0 Å². The zero-order valence-corrected chi connectivity index (χ0v) is 16.5. The van der Waals surface area contributed by atoms with Crippen molar-refractivity contribution in [1.29, 1.82) is 0 Å². The van der Waals surface area contributed by atoms with Gasteiger partial charge in [0.25, 0.3) is 5.91 Å². The number of amides is 1. The lowest BCUT2D eigenvalue weighted by molar-refractivity contribution is -0.936. The van der Waals surface area contributed by atoms with E-state index in [1.165, 1.54) is 40.5 Å². The Morgan fingerprint density at radius 1 is 1.30 bits per heavy atom. The number of carbonyl (C=O) groups is 2. The molecule has 0 aliphatic carbocycles. The van der Waals surface area contributed by atoms with Gasteiger partial charge in [0, 0.05) is 12.0 Å². The summed E-state index contributed by atoms with van der Waals surface area (Å²) >= 11 is 1.44. The molecule has 27 heavy (non-hydrogen) atoms. The zero-order valence-electron chi connectivity index (χ0n) is 15.7. The van der Waals surface area contributed by atoms with Gasteiger partial charge in [0.2, 0.25) is 0 Å². The summed E-state index contributed by atoms with van der Waals surface area (Å²) in [6, 6.07) is 5.82. The molecule has 1 atom stereocenters. The Bertz CT molecular complexity index is 846. The first-order valence-corrected chi connectivity index (χ1v) is 9.95. The normalized spacial score (nSPS) is 16.1. The average Bonchev–Trinajstić information content (AvgIpc) is 2.99. The summed E-state index contributed by atoms with van der Waals surface area (Å²) in [4.78, 5) is 27.7. The maximum atomic E-state index is 13.1. The van der Waals surface area contributed by atoms with Crippen molar-refractivity contribution in [1.82, 2.24) is 0 Å². The molecule has 1 unspecified atom stereocenters. The van der Waals surface area contributed by atoms with Gasteiger partial charge in [-0.25, -0.2) is 9.18 Å². The molecule has 0 fully saturated rings. The number of thiophene rings is 1. The Labute approximate surface area is 162 Å². The van der Waals surface area contributed by atoms with Crippen LogP contribution in [0.3, 0.4) is 0 Å². The fourth-order valence-corrected chi connectivity index (χ4v) is 4.56. The van der Waals surface area contributed by atoms with Crippen molar-refractivity contribution in [2.24, 2.45) is 0 Å². The highest BCUT2D eigenvalue weighted by molar-refractivity contribution is 7.17. The third-order valence-corrected chi connectivity index (χ3v) is 5.95. The third-order valence-electron chi connectivity index (χ3n) is 4.80. The Morgan fingerprint density at radius 3 is 2.63 bits per heavy atom.